The van der Waals surface area contributed by atoms with Crippen LogP contribution in [0.25, 0.3) is 22.5 Å². The van der Waals surface area contributed by atoms with Crippen LogP contribution in [-0.2, 0) is 16.1 Å². The van der Waals surface area contributed by atoms with Crippen LogP contribution in [0, 0.1) is 5.92 Å². The quantitative estimate of drug-likeness (QED) is 0.444. The fraction of sp³-hybridized carbons (Fsp3) is 0.400. The van der Waals surface area contributed by atoms with Crippen molar-refractivity contribution in [2.24, 2.45) is 5.92 Å². The number of nitrogens with zero attached hydrogens (tertiary/aromatic N) is 4. The highest BCUT2D eigenvalue weighted by Crippen LogP contribution is 2.30. The molecule has 0 aliphatic heterocycles. The predicted molar refractivity (Wildman–Crippen MR) is 126 cm³/mol. The zero-order chi connectivity index (χ0) is 23.8. The number of hydrogen-bond donors (Lipinski definition) is 2. The first-order valence-electron chi connectivity index (χ1n) is 11.4. The molecule has 0 saturated carbocycles. The maximum Gasteiger partial charge on any atom is 0.326 e. The molecule has 3 rings (SSSR count). The molecule has 0 saturated heterocycles. The summed E-state index contributed by atoms with van der Waals surface area (Å²) in [6.45, 7) is 6.12. The normalized spacial score (nSPS) is 12.8. The molecule has 1 unspecified atom stereocenters. The molecule has 0 fully saturated rings. The molecule has 2 atom stereocenters. The number of hydrogen-bond acceptors (Lipinski definition) is 5. The largest absolute Gasteiger partial charge is 0.480 e. The van der Waals surface area contributed by atoms with Crippen LogP contribution in [0.2, 0.25) is 0 Å². The Balaban J connectivity index is 1.88. The lowest BCUT2D eigenvalue weighted by Gasteiger charge is -2.33. The minimum Gasteiger partial charge on any atom is -0.480 e. The van der Waals surface area contributed by atoms with Gasteiger partial charge in [0.1, 0.15) is 6.04 Å². The fourth-order valence-corrected chi connectivity index (χ4v) is 3.92. The Hall–Kier alpha value is -3.55. The van der Waals surface area contributed by atoms with Crippen LogP contribution in [0.3, 0.4) is 0 Å². The van der Waals surface area contributed by atoms with Crippen LogP contribution < -0.4 is 0 Å². The number of aromatic amines is 1. The van der Waals surface area contributed by atoms with Crippen molar-refractivity contribution in [3.8, 4) is 22.5 Å². The van der Waals surface area contributed by atoms with Gasteiger partial charge in [0.05, 0.1) is 0 Å². The number of tetrazole rings is 1. The summed E-state index contributed by atoms with van der Waals surface area (Å²) < 4.78 is 0. The van der Waals surface area contributed by atoms with Gasteiger partial charge in [-0.25, -0.2) is 9.89 Å². The summed E-state index contributed by atoms with van der Waals surface area (Å²) in [4.78, 5) is 26.6. The number of carbonyl (C=O) groups excluding carboxylic acids is 1. The van der Waals surface area contributed by atoms with Gasteiger partial charge in [-0.15, -0.1) is 5.10 Å². The molecule has 1 aromatic heterocycles. The summed E-state index contributed by atoms with van der Waals surface area (Å²) >= 11 is 0. The zero-order valence-corrected chi connectivity index (χ0v) is 19.4. The Labute approximate surface area is 194 Å². The average molecular weight is 450 g/mol. The molecule has 2 N–H and O–H groups in total. The first-order valence-corrected chi connectivity index (χ1v) is 11.4. The lowest BCUT2D eigenvalue weighted by atomic mass is 9.95. The van der Waals surface area contributed by atoms with E-state index >= 15 is 0 Å². The van der Waals surface area contributed by atoms with Crippen molar-refractivity contribution in [1.82, 2.24) is 25.5 Å². The third-order valence-corrected chi connectivity index (χ3v) is 5.98. The highest BCUT2D eigenvalue weighted by Gasteiger charge is 2.33. The molecule has 0 bridgehead atoms. The molecule has 1 amide bonds. The van der Waals surface area contributed by atoms with E-state index in [4.69, 9.17) is 0 Å². The molecule has 0 aliphatic rings. The Kier molecular flexibility index (Phi) is 8.29. The standard InChI is InChI=1S/C25H31N5O3/c1-4-6-11-22(31)30(23(25(32)33)17(3)5-2)16-18-12-14-19(15-13-18)20-9-7-8-10-21(20)24-26-28-29-27-24/h7-10,12-15,17,23H,4-6,11,16H2,1-3H3,(H,32,33)(H,26,27,28,29)/t17?,23-/m0/s1. The van der Waals surface area contributed by atoms with E-state index in [0.717, 1.165) is 35.1 Å². The first-order chi connectivity index (χ1) is 16.0. The Bertz CT molecular complexity index is 1050. The number of benzene rings is 2. The van der Waals surface area contributed by atoms with E-state index in [1.807, 2.05) is 69.3 Å². The van der Waals surface area contributed by atoms with E-state index < -0.39 is 12.0 Å². The second kappa shape index (κ2) is 11.4. The second-order valence-corrected chi connectivity index (χ2v) is 8.29. The molecule has 3 aromatic rings. The van der Waals surface area contributed by atoms with Gasteiger partial charge in [0, 0.05) is 18.5 Å². The van der Waals surface area contributed by atoms with Crippen LogP contribution in [0.4, 0.5) is 0 Å². The fourth-order valence-electron chi connectivity index (χ4n) is 3.92. The van der Waals surface area contributed by atoms with E-state index in [2.05, 4.69) is 20.6 Å². The molecular weight excluding hydrogens is 418 g/mol. The highest BCUT2D eigenvalue weighted by atomic mass is 16.4. The molecule has 174 valence electrons. The number of H-pyrrole nitrogens is 1. The third-order valence-electron chi connectivity index (χ3n) is 5.98. The molecule has 0 radical (unpaired) electrons. The number of amides is 1. The maximum atomic E-state index is 13.0. The number of unbranched alkanes of at least 4 members (excludes halogenated alkanes) is 1. The Morgan fingerprint density at radius 2 is 1.76 bits per heavy atom. The molecule has 8 heteroatoms. The number of nitrogens with one attached hydrogen (secondary N) is 1. The zero-order valence-electron chi connectivity index (χ0n) is 19.4. The lowest BCUT2D eigenvalue weighted by Crippen LogP contribution is -2.48. The number of aromatic nitrogens is 4. The van der Waals surface area contributed by atoms with Crippen molar-refractivity contribution in [3.05, 3.63) is 54.1 Å². The van der Waals surface area contributed by atoms with Crippen molar-refractivity contribution in [1.29, 1.82) is 0 Å². The van der Waals surface area contributed by atoms with Gasteiger partial charge in [0.2, 0.25) is 5.91 Å². The maximum absolute atomic E-state index is 13.0. The van der Waals surface area contributed by atoms with E-state index in [1.165, 1.54) is 4.90 Å². The van der Waals surface area contributed by atoms with Crippen LogP contribution >= 0.6 is 0 Å². The summed E-state index contributed by atoms with van der Waals surface area (Å²) in [5, 5.41) is 24.0. The van der Waals surface area contributed by atoms with Gasteiger partial charge in [-0.2, -0.15) is 0 Å². The first kappa shape index (κ1) is 24.1. The molecular formula is C25H31N5O3. The summed E-state index contributed by atoms with van der Waals surface area (Å²) in [6.07, 6.45) is 2.66. The molecule has 8 nitrogen and oxygen atoms in total. The smallest absolute Gasteiger partial charge is 0.326 e. The van der Waals surface area contributed by atoms with Gasteiger partial charge < -0.3 is 10.0 Å². The van der Waals surface area contributed by atoms with Crippen LogP contribution in [0.5, 0.6) is 0 Å². The van der Waals surface area contributed by atoms with Crippen LogP contribution in [0.1, 0.15) is 52.0 Å². The molecule has 33 heavy (non-hydrogen) atoms. The van der Waals surface area contributed by atoms with Crippen molar-refractivity contribution >= 4 is 11.9 Å². The summed E-state index contributed by atoms with van der Waals surface area (Å²) in [5.74, 6) is -0.632. The minimum absolute atomic E-state index is 0.114. The van der Waals surface area contributed by atoms with Gasteiger partial charge in [-0.3, -0.25) is 4.79 Å². The summed E-state index contributed by atoms with van der Waals surface area (Å²) in [5.41, 5.74) is 3.72. The van der Waals surface area contributed by atoms with Crippen molar-refractivity contribution in [3.63, 3.8) is 0 Å². The highest BCUT2D eigenvalue weighted by molar-refractivity contribution is 5.84. The summed E-state index contributed by atoms with van der Waals surface area (Å²) in [6, 6.07) is 14.8. The minimum atomic E-state index is -0.958. The number of carbonyl (C=O) groups is 2. The number of rotatable bonds is 11. The SMILES string of the molecule is CCCCC(=O)N(Cc1ccc(-c2ccccc2-c2nnn[nH]2)cc1)[C@H](C(=O)O)C(C)CC. The monoisotopic (exact) mass is 449 g/mol. The van der Waals surface area contributed by atoms with E-state index in [9.17, 15) is 14.7 Å². The van der Waals surface area contributed by atoms with Gasteiger partial charge in [0.15, 0.2) is 5.82 Å². The predicted octanol–water partition coefficient (Wildman–Crippen LogP) is 4.55. The van der Waals surface area contributed by atoms with E-state index in [1.54, 1.807) is 0 Å². The van der Waals surface area contributed by atoms with Crippen molar-refractivity contribution in [2.45, 2.75) is 59.0 Å². The second-order valence-electron chi connectivity index (χ2n) is 8.29. The Morgan fingerprint density at radius 3 is 2.33 bits per heavy atom. The molecule has 0 spiro atoms. The van der Waals surface area contributed by atoms with Gasteiger partial charge >= 0.3 is 5.97 Å². The number of aliphatic carboxylic acids is 1. The molecule has 2 aromatic carbocycles. The van der Waals surface area contributed by atoms with Gasteiger partial charge in [0.25, 0.3) is 0 Å². The van der Waals surface area contributed by atoms with E-state index in [-0.39, 0.29) is 18.4 Å². The van der Waals surface area contributed by atoms with Crippen molar-refractivity contribution < 1.29 is 14.7 Å². The van der Waals surface area contributed by atoms with Gasteiger partial charge in [-0.1, -0.05) is 82.1 Å². The van der Waals surface area contributed by atoms with Gasteiger partial charge in [-0.05, 0) is 39.5 Å². The van der Waals surface area contributed by atoms with Crippen molar-refractivity contribution in [2.75, 3.05) is 0 Å². The lowest BCUT2D eigenvalue weighted by molar-refractivity contribution is -0.153. The van der Waals surface area contributed by atoms with E-state index in [0.29, 0.717) is 18.7 Å². The topological polar surface area (TPSA) is 112 Å². The average Bonchev–Trinajstić information content (AvgIpc) is 3.37. The van der Waals surface area contributed by atoms with Crippen LogP contribution in [-0.4, -0.2) is 48.5 Å². The number of carboxylic acid groups (broad SMARTS) is 1. The molecule has 0 aliphatic carbocycles. The summed E-state index contributed by atoms with van der Waals surface area (Å²) in [7, 11) is 0. The Morgan fingerprint density at radius 1 is 1.06 bits per heavy atom. The molecule has 1 heterocycles. The van der Waals surface area contributed by atoms with Crippen LogP contribution in [0.15, 0.2) is 48.5 Å². The number of carboxylic acids is 1. The third kappa shape index (κ3) is 5.83.